The number of carbonyl (C=O) groups is 1. The Balaban J connectivity index is 2.48. The van der Waals surface area contributed by atoms with Crippen LogP contribution in [0.3, 0.4) is 0 Å². The topological polar surface area (TPSA) is 60.8 Å². The lowest BCUT2D eigenvalue weighted by Crippen LogP contribution is -2.27. The van der Waals surface area contributed by atoms with Crippen LogP contribution in [0.2, 0.25) is 0 Å². The van der Waals surface area contributed by atoms with Gasteiger partial charge in [-0.05, 0) is 39.7 Å². The fraction of sp³-hybridized carbons (Fsp3) is 0.650. The van der Waals surface area contributed by atoms with E-state index in [4.69, 9.17) is 5.11 Å². The first-order valence-electron chi connectivity index (χ1n) is 8.86. The number of thioether (sulfide) groups is 1. The maximum atomic E-state index is 10.9. The molecule has 1 aliphatic rings. The number of hydrogen-bond acceptors (Lipinski definition) is 4. The van der Waals surface area contributed by atoms with Crippen molar-refractivity contribution in [3.8, 4) is 5.75 Å². The lowest BCUT2D eigenvalue weighted by atomic mass is 9.78. The van der Waals surface area contributed by atoms with Crippen LogP contribution in [0.15, 0.2) is 12.1 Å². The van der Waals surface area contributed by atoms with Crippen molar-refractivity contribution in [1.82, 2.24) is 4.90 Å². The molecule has 1 atom stereocenters. The Kier molecular flexibility index (Phi) is 5.79. The van der Waals surface area contributed by atoms with Gasteiger partial charge in [0.2, 0.25) is 0 Å². The average Bonchev–Trinajstić information content (AvgIpc) is 2.91. The molecule has 0 spiro atoms. The summed E-state index contributed by atoms with van der Waals surface area (Å²) >= 11 is 1.85. The number of aliphatic carboxylic acids is 1. The zero-order valence-corrected chi connectivity index (χ0v) is 17.0. The summed E-state index contributed by atoms with van der Waals surface area (Å²) < 4.78 is 0. The average molecular weight is 366 g/mol. The Bertz CT molecular complexity index is 608. The number of hydrogen-bond donors (Lipinski definition) is 2. The van der Waals surface area contributed by atoms with Crippen molar-refractivity contribution in [2.24, 2.45) is 0 Å². The second kappa shape index (κ2) is 7.20. The van der Waals surface area contributed by atoms with E-state index in [9.17, 15) is 9.90 Å². The molecule has 1 fully saturated rings. The van der Waals surface area contributed by atoms with Crippen LogP contribution < -0.4 is 0 Å². The third-order valence-electron chi connectivity index (χ3n) is 4.63. The van der Waals surface area contributed by atoms with E-state index in [2.05, 4.69) is 58.6 Å². The van der Waals surface area contributed by atoms with Gasteiger partial charge in [0.25, 0.3) is 0 Å². The van der Waals surface area contributed by atoms with E-state index >= 15 is 0 Å². The zero-order chi connectivity index (χ0) is 19.0. The predicted octanol–water partition coefficient (Wildman–Crippen LogP) is 4.51. The fourth-order valence-corrected chi connectivity index (χ4v) is 4.54. The van der Waals surface area contributed by atoms with Crippen LogP contribution in [0.5, 0.6) is 5.75 Å². The van der Waals surface area contributed by atoms with E-state index in [-0.39, 0.29) is 22.6 Å². The molecule has 2 N–H and O–H groups in total. The second-order valence-electron chi connectivity index (χ2n) is 8.87. The molecule has 1 saturated heterocycles. The molecule has 1 unspecified atom stereocenters. The van der Waals surface area contributed by atoms with Crippen LogP contribution in [-0.2, 0) is 15.6 Å². The zero-order valence-electron chi connectivity index (χ0n) is 16.2. The standard InChI is InChI=1S/C20H31NO3S/c1-19(2,3)14-11-13(12-15(17(14)24)20(4,5)6)18-21(9-10-25-18)8-7-16(22)23/h11-12,18,24H,7-10H2,1-6H3,(H,22,23). The van der Waals surface area contributed by atoms with Crippen molar-refractivity contribution >= 4 is 17.7 Å². The van der Waals surface area contributed by atoms with Gasteiger partial charge in [0, 0.05) is 18.8 Å². The van der Waals surface area contributed by atoms with Crippen molar-refractivity contribution in [3.63, 3.8) is 0 Å². The number of carboxylic acids is 1. The Hall–Kier alpha value is -1.20. The molecular weight excluding hydrogens is 334 g/mol. The molecule has 1 aromatic rings. The highest BCUT2D eigenvalue weighted by molar-refractivity contribution is 7.99. The van der Waals surface area contributed by atoms with Crippen molar-refractivity contribution in [2.75, 3.05) is 18.8 Å². The van der Waals surface area contributed by atoms with Gasteiger partial charge in [0.05, 0.1) is 11.8 Å². The van der Waals surface area contributed by atoms with Gasteiger partial charge in [-0.25, -0.2) is 0 Å². The molecule has 4 nitrogen and oxygen atoms in total. The summed E-state index contributed by atoms with van der Waals surface area (Å²) in [6.45, 7) is 14.1. The Labute approximate surface area is 155 Å². The molecule has 0 saturated carbocycles. The van der Waals surface area contributed by atoms with Gasteiger partial charge in [-0.1, -0.05) is 41.5 Å². The Morgan fingerprint density at radius 2 is 1.68 bits per heavy atom. The van der Waals surface area contributed by atoms with Crippen LogP contribution in [-0.4, -0.2) is 39.9 Å². The van der Waals surface area contributed by atoms with Crippen molar-refractivity contribution in [3.05, 3.63) is 28.8 Å². The van der Waals surface area contributed by atoms with Crippen LogP contribution >= 0.6 is 11.8 Å². The number of aromatic hydroxyl groups is 1. The third kappa shape index (κ3) is 4.70. The predicted molar refractivity (Wildman–Crippen MR) is 105 cm³/mol. The first kappa shape index (κ1) is 20.1. The van der Waals surface area contributed by atoms with E-state index in [0.717, 1.165) is 23.4 Å². The number of rotatable bonds is 4. The minimum absolute atomic E-state index is 0.155. The van der Waals surface area contributed by atoms with Crippen molar-refractivity contribution in [2.45, 2.75) is 64.2 Å². The van der Waals surface area contributed by atoms with Crippen LogP contribution in [0.4, 0.5) is 0 Å². The normalized spacial score (nSPS) is 19.4. The van der Waals surface area contributed by atoms with E-state index in [1.807, 2.05) is 11.8 Å². The lowest BCUT2D eigenvalue weighted by Gasteiger charge is -2.31. The summed E-state index contributed by atoms with van der Waals surface area (Å²) in [7, 11) is 0. The molecular formula is C20H31NO3S. The number of phenolic OH excluding ortho intramolecular Hbond substituents is 1. The first-order valence-corrected chi connectivity index (χ1v) is 9.91. The minimum Gasteiger partial charge on any atom is -0.507 e. The van der Waals surface area contributed by atoms with Gasteiger partial charge >= 0.3 is 5.97 Å². The monoisotopic (exact) mass is 365 g/mol. The summed E-state index contributed by atoms with van der Waals surface area (Å²) in [5.74, 6) is 0.636. The molecule has 1 aliphatic heterocycles. The Morgan fingerprint density at radius 3 is 2.12 bits per heavy atom. The number of benzene rings is 1. The van der Waals surface area contributed by atoms with Gasteiger partial charge in [-0.15, -0.1) is 11.8 Å². The quantitative estimate of drug-likeness (QED) is 0.822. The second-order valence-corrected chi connectivity index (χ2v) is 10.1. The van der Waals surface area contributed by atoms with Gasteiger partial charge in [-0.3, -0.25) is 9.69 Å². The highest BCUT2D eigenvalue weighted by Crippen LogP contribution is 2.45. The van der Waals surface area contributed by atoms with E-state index in [1.165, 1.54) is 5.56 Å². The van der Waals surface area contributed by atoms with Gasteiger partial charge in [0.15, 0.2) is 0 Å². The number of phenols is 1. The molecule has 5 heteroatoms. The van der Waals surface area contributed by atoms with E-state index < -0.39 is 5.97 Å². The summed E-state index contributed by atoms with van der Waals surface area (Å²) in [6, 6.07) is 4.22. The first-order chi connectivity index (χ1) is 11.4. The van der Waals surface area contributed by atoms with Crippen LogP contribution in [0.25, 0.3) is 0 Å². The SMILES string of the molecule is CC(C)(C)c1cc(C2SCCN2CCC(=O)O)cc(C(C)(C)C)c1O. The lowest BCUT2D eigenvalue weighted by molar-refractivity contribution is -0.137. The summed E-state index contributed by atoms with van der Waals surface area (Å²) in [5.41, 5.74) is 2.77. The minimum atomic E-state index is -0.757. The molecule has 0 bridgehead atoms. The van der Waals surface area contributed by atoms with Gasteiger partial charge in [-0.2, -0.15) is 0 Å². The highest BCUT2D eigenvalue weighted by Gasteiger charge is 2.32. The van der Waals surface area contributed by atoms with Crippen molar-refractivity contribution in [1.29, 1.82) is 0 Å². The smallest absolute Gasteiger partial charge is 0.304 e. The highest BCUT2D eigenvalue weighted by atomic mass is 32.2. The molecule has 1 heterocycles. The summed E-state index contributed by atoms with van der Waals surface area (Å²) in [5, 5.41) is 20.0. The Morgan fingerprint density at radius 1 is 1.16 bits per heavy atom. The van der Waals surface area contributed by atoms with Crippen molar-refractivity contribution < 1.29 is 15.0 Å². The third-order valence-corrected chi connectivity index (χ3v) is 5.94. The number of nitrogens with zero attached hydrogens (tertiary/aromatic N) is 1. The van der Waals surface area contributed by atoms with E-state index in [0.29, 0.717) is 12.3 Å². The maximum Gasteiger partial charge on any atom is 0.304 e. The largest absolute Gasteiger partial charge is 0.507 e. The molecule has 0 amide bonds. The van der Waals surface area contributed by atoms with Crippen LogP contribution in [0, 0.1) is 0 Å². The molecule has 0 radical (unpaired) electrons. The summed E-state index contributed by atoms with van der Waals surface area (Å²) in [4.78, 5) is 13.2. The fourth-order valence-electron chi connectivity index (χ4n) is 3.22. The maximum absolute atomic E-state index is 10.9. The number of carboxylic acid groups (broad SMARTS) is 1. The molecule has 0 aromatic heterocycles. The van der Waals surface area contributed by atoms with Crippen LogP contribution in [0.1, 0.15) is 70.0 Å². The van der Waals surface area contributed by atoms with E-state index in [1.54, 1.807) is 0 Å². The molecule has 0 aliphatic carbocycles. The molecule has 1 aromatic carbocycles. The van der Waals surface area contributed by atoms with Gasteiger partial charge in [0.1, 0.15) is 5.75 Å². The molecule has 25 heavy (non-hydrogen) atoms. The van der Waals surface area contributed by atoms with Gasteiger partial charge < -0.3 is 10.2 Å². The molecule has 140 valence electrons. The molecule has 2 rings (SSSR count). The summed E-state index contributed by atoms with van der Waals surface area (Å²) in [6.07, 6.45) is 0.160.